The number of hydrogen-bond acceptors (Lipinski definition) is 3. The number of amides is 1. The van der Waals surface area contributed by atoms with Crippen molar-refractivity contribution in [2.24, 2.45) is 5.73 Å². The number of carbonyl (C=O) groups excluding carboxylic acids is 1. The molecule has 4 nitrogen and oxygen atoms in total. The summed E-state index contributed by atoms with van der Waals surface area (Å²) >= 11 is 0. The summed E-state index contributed by atoms with van der Waals surface area (Å²) in [6.45, 7) is 2.34. The first-order chi connectivity index (χ1) is 9.59. The minimum atomic E-state index is -0.467. The van der Waals surface area contributed by atoms with Gasteiger partial charge in [-0.25, -0.2) is 0 Å². The van der Waals surface area contributed by atoms with Gasteiger partial charge in [0.2, 0.25) is 5.91 Å². The fourth-order valence-corrected chi connectivity index (χ4v) is 3.09. The summed E-state index contributed by atoms with van der Waals surface area (Å²) in [6.07, 6.45) is 4.53. The van der Waals surface area contributed by atoms with Gasteiger partial charge in [-0.3, -0.25) is 4.79 Å². The third kappa shape index (κ3) is 2.96. The monoisotopic (exact) mass is 276 g/mol. The molecule has 1 amide bonds. The predicted octanol–water partition coefficient (Wildman–Crippen LogP) is 1.97. The fourth-order valence-electron chi connectivity index (χ4n) is 3.09. The SMILES string of the molecule is COc1ccccc1C1(CNC(=O)[C@@H](C)N)CCCC1. The van der Waals surface area contributed by atoms with E-state index in [9.17, 15) is 4.79 Å². The van der Waals surface area contributed by atoms with Crippen molar-refractivity contribution in [2.75, 3.05) is 13.7 Å². The molecule has 1 aliphatic carbocycles. The summed E-state index contributed by atoms with van der Waals surface area (Å²) in [5, 5.41) is 3.00. The quantitative estimate of drug-likeness (QED) is 0.864. The van der Waals surface area contributed by atoms with Crippen molar-refractivity contribution >= 4 is 5.91 Å². The average molecular weight is 276 g/mol. The minimum Gasteiger partial charge on any atom is -0.496 e. The number of benzene rings is 1. The summed E-state index contributed by atoms with van der Waals surface area (Å²) in [7, 11) is 1.70. The number of methoxy groups -OCH3 is 1. The molecule has 0 saturated heterocycles. The number of rotatable bonds is 5. The van der Waals surface area contributed by atoms with Gasteiger partial charge < -0.3 is 15.8 Å². The molecule has 0 aliphatic heterocycles. The zero-order valence-electron chi connectivity index (χ0n) is 12.3. The van der Waals surface area contributed by atoms with Gasteiger partial charge in [-0.05, 0) is 25.8 Å². The third-order valence-corrected chi connectivity index (χ3v) is 4.25. The van der Waals surface area contributed by atoms with Crippen LogP contribution in [0.25, 0.3) is 0 Å². The molecule has 0 radical (unpaired) electrons. The molecule has 1 saturated carbocycles. The van der Waals surface area contributed by atoms with Crippen molar-refractivity contribution in [1.82, 2.24) is 5.32 Å². The Morgan fingerprint density at radius 2 is 2.05 bits per heavy atom. The Bertz CT molecular complexity index is 465. The van der Waals surface area contributed by atoms with Gasteiger partial charge in [-0.15, -0.1) is 0 Å². The normalized spacial score (nSPS) is 18.6. The van der Waals surface area contributed by atoms with Gasteiger partial charge in [-0.1, -0.05) is 31.0 Å². The molecule has 0 heterocycles. The van der Waals surface area contributed by atoms with E-state index in [1.165, 1.54) is 18.4 Å². The maximum absolute atomic E-state index is 11.8. The zero-order chi connectivity index (χ0) is 14.6. The number of para-hydroxylation sites is 1. The lowest BCUT2D eigenvalue weighted by Gasteiger charge is -2.31. The number of nitrogens with one attached hydrogen (secondary N) is 1. The van der Waals surface area contributed by atoms with Gasteiger partial charge in [0.1, 0.15) is 5.75 Å². The van der Waals surface area contributed by atoms with E-state index in [-0.39, 0.29) is 11.3 Å². The second-order valence-corrected chi connectivity index (χ2v) is 5.69. The number of ether oxygens (including phenoxy) is 1. The van der Waals surface area contributed by atoms with Crippen LogP contribution in [0.5, 0.6) is 5.75 Å². The van der Waals surface area contributed by atoms with Gasteiger partial charge in [0.15, 0.2) is 0 Å². The maximum atomic E-state index is 11.8. The maximum Gasteiger partial charge on any atom is 0.236 e. The molecule has 110 valence electrons. The summed E-state index contributed by atoms with van der Waals surface area (Å²) in [5.41, 5.74) is 6.80. The Labute approximate surface area is 120 Å². The molecule has 3 N–H and O–H groups in total. The molecule has 0 aromatic heterocycles. The minimum absolute atomic E-state index is 0.0167. The zero-order valence-corrected chi connectivity index (χ0v) is 12.3. The fraction of sp³-hybridized carbons (Fsp3) is 0.562. The highest BCUT2D eigenvalue weighted by Gasteiger charge is 2.38. The molecule has 4 heteroatoms. The van der Waals surface area contributed by atoms with Crippen molar-refractivity contribution in [2.45, 2.75) is 44.1 Å². The van der Waals surface area contributed by atoms with Crippen LogP contribution in [0.1, 0.15) is 38.2 Å². The molecule has 1 aromatic rings. The Kier molecular flexibility index (Phi) is 4.65. The lowest BCUT2D eigenvalue weighted by atomic mass is 9.78. The van der Waals surface area contributed by atoms with E-state index in [1.807, 2.05) is 18.2 Å². The number of nitrogens with two attached hydrogens (primary N) is 1. The van der Waals surface area contributed by atoms with Gasteiger partial charge >= 0.3 is 0 Å². The molecule has 1 aliphatic rings. The molecular formula is C16H24N2O2. The van der Waals surface area contributed by atoms with Crippen LogP contribution in [-0.2, 0) is 10.2 Å². The first-order valence-corrected chi connectivity index (χ1v) is 7.26. The smallest absolute Gasteiger partial charge is 0.236 e. The topological polar surface area (TPSA) is 64.3 Å². The molecule has 1 atom stereocenters. The van der Waals surface area contributed by atoms with Gasteiger partial charge in [0.05, 0.1) is 13.2 Å². The average Bonchev–Trinajstić information content (AvgIpc) is 2.94. The lowest BCUT2D eigenvalue weighted by molar-refractivity contribution is -0.122. The van der Waals surface area contributed by atoms with Crippen LogP contribution in [0.3, 0.4) is 0 Å². The van der Waals surface area contributed by atoms with Crippen LogP contribution < -0.4 is 15.8 Å². The predicted molar refractivity (Wildman–Crippen MR) is 79.8 cm³/mol. The van der Waals surface area contributed by atoms with Crippen LogP contribution in [0, 0.1) is 0 Å². The molecule has 0 spiro atoms. The second kappa shape index (κ2) is 6.27. The molecule has 20 heavy (non-hydrogen) atoms. The molecule has 0 unspecified atom stereocenters. The van der Waals surface area contributed by atoms with E-state index in [4.69, 9.17) is 10.5 Å². The summed E-state index contributed by atoms with van der Waals surface area (Å²) in [5.74, 6) is 0.815. The highest BCUT2D eigenvalue weighted by molar-refractivity contribution is 5.81. The van der Waals surface area contributed by atoms with Crippen LogP contribution in [0.4, 0.5) is 0 Å². The molecule has 2 rings (SSSR count). The van der Waals surface area contributed by atoms with E-state index in [1.54, 1.807) is 14.0 Å². The van der Waals surface area contributed by atoms with Gasteiger partial charge in [-0.2, -0.15) is 0 Å². The Morgan fingerprint density at radius 1 is 1.40 bits per heavy atom. The van der Waals surface area contributed by atoms with E-state index in [0.29, 0.717) is 6.54 Å². The lowest BCUT2D eigenvalue weighted by Crippen LogP contribution is -2.45. The van der Waals surface area contributed by atoms with Crippen molar-refractivity contribution in [1.29, 1.82) is 0 Å². The van der Waals surface area contributed by atoms with Crippen molar-refractivity contribution in [3.63, 3.8) is 0 Å². The second-order valence-electron chi connectivity index (χ2n) is 5.69. The van der Waals surface area contributed by atoms with Crippen molar-refractivity contribution < 1.29 is 9.53 Å². The largest absolute Gasteiger partial charge is 0.496 e. The Balaban J connectivity index is 2.23. The number of hydrogen-bond donors (Lipinski definition) is 2. The first-order valence-electron chi connectivity index (χ1n) is 7.26. The summed E-state index contributed by atoms with van der Waals surface area (Å²) in [6, 6.07) is 7.65. The van der Waals surface area contributed by atoms with Crippen molar-refractivity contribution in [3.05, 3.63) is 29.8 Å². The van der Waals surface area contributed by atoms with Crippen LogP contribution in [0.15, 0.2) is 24.3 Å². The standard InChI is InChI=1S/C16H24N2O2/c1-12(17)15(19)18-11-16(9-5-6-10-16)13-7-3-4-8-14(13)20-2/h3-4,7-8,12H,5-6,9-11,17H2,1-2H3,(H,18,19)/t12-/m1/s1. The number of carbonyl (C=O) groups is 1. The van der Waals surface area contributed by atoms with E-state index in [2.05, 4.69) is 11.4 Å². The first kappa shape index (κ1) is 14.9. The van der Waals surface area contributed by atoms with Gasteiger partial charge in [0, 0.05) is 17.5 Å². The van der Waals surface area contributed by atoms with Crippen LogP contribution in [-0.4, -0.2) is 25.6 Å². The van der Waals surface area contributed by atoms with Crippen LogP contribution >= 0.6 is 0 Å². The van der Waals surface area contributed by atoms with E-state index in [0.717, 1.165) is 18.6 Å². The molecule has 1 aromatic carbocycles. The molecule has 0 bridgehead atoms. The Morgan fingerprint density at radius 3 is 2.65 bits per heavy atom. The highest BCUT2D eigenvalue weighted by atomic mass is 16.5. The van der Waals surface area contributed by atoms with Crippen LogP contribution in [0.2, 0.25) is 0 Å². The third-order valence-electron chi connectivity index (χ3n) is 4.25. The van der Waals surface area contributed by atoms with Crippen molar-refractivity contribution in [3.8, 4) is 5.75 Å². The summed E-state index contributed by atoms with van der Waals surface area (Å²) < 4.78 is 5.50. The highest BCUT2D eigenvalue weighted by Crippen LogP contribution is 2.44. The summed E-state index contributed by atoms with van der Waals surface area (Å²) in [4.78, 5) is 11.8. The van der Waals surface area contributed by atoms with Gasteiger partial charge in [0.25, 0.3) is 0 Å². The molecule has 1 fully saturated rings. The Hall–Kier alpha value is -1.55. The van der Waals surface area contributed by atoms with E-state index < -0.39 is 6.04 Å². The molecular weight excluding hydrogens is 252 g/mol. The van der Waals surface area contributed by atoms with E-state index >= 15 is 0 Å².